The van der Waals surface area contributed by atoms with Crippen LogP contribution in [0.15, 0.2) is 24.3 Å². The maximum atomic E-state index is 13.0. The van der Waals surface area contributed by atoms with E-state index in [4.69, 9.17) is 0 Å². The van der Waals surface area contributed by atoms with Gasteiger partial charge < -0.3 is 4.90 Å². The Kier molecular flexibility index (Phi) is 3.44. The van der Waals surface area contributed by atoms with E-state index in [9.17, 15) is 13.2 Å². The zero-order chi connectivity index (χ0) is 15.0. The van der Waals surface area contributed by atoms with Crippen LogP contribution < -0.4 is 0 Å². The highest BCUT2D eigenvalue weighted by Crippen LogP contribution is 2.32. The first-order chi connectivity index (χ1) is 9.95. The third-order valence-electron chi connectivity index (χ3n) is 3.71. The predicted octanol–water partition coefficient (Wildman–Crippen LogP) is 2.33. The molecule has 0 saturated heterocycles. The second-order valence-electron chi connectivity index (χ2n) is 5.28. The number of alkyl halides is 3. The van der Waals surface area contributed by atoms with E-state index >= 15 is 0 Å². The second-order valence-corrected chi connectivity index (χ2v) is 5.28. The van der Waals surface area contributed by atoms with Gasteiger partial charge in [0, 0.05) is 19.5 Å². The first-order valence-corrected chi connectivity index (χ1v) is 6.70. The summed E-state index contributed by atoms with van der Waals surface area (Å²) in [6, 6.07) is 5.61. The molecule has 0 spiro atoms. The van der Waals surface area contributed by atoms with Crippen LogP contribution in [0.4, 0.5) is 13.2 Å². The minimum atomic E-state index is -4.35. The van der Waals surface area contributed by atoms with Crippen LogP contribution >= 0.6 is 0 Å². The van der Waals surface area contributed by atoms with Gasteiger partial charge in [-0.05, 0) is 18.7 Å². The lowest BCUT2D eigenvalue weighted by Gasteiger charge is -2.22. The summed E-state index contributed by atoms with van der Waals surface area (Å²) in [5.41, 5.74) is 1.40. The maximum absolute atomic E-state index is 13.0. The number of rotatable bonds is 2. The average molecular weight is 296 g/mol. The lowest BCUT2D eigenvalue weighted by Crippen LogP contribution is -2.27. The van der Waals surface area contributed by atoms with Gasteiger partial charge in [-0.3, -0.25) is 0 Å². The van der Waals surface area contributed by atoms with E-state index in [1.165, 1.54) is 12.1 Å². The van der Waals surface area contributed by atoms with E-state index in [2.05, 4.69) is 15.2 Å². The third kappa shape index (κ3) is 2.78. The molecule has 0 fully saturated rings. The molecule has 0 radical (unpaired) electrons. The van der Waals surface area contributed by atoms with Gasteiger partial charge in [0.25, 0.3) is 0 Å². The van der Waals surface area contributed by atoms with E-state index in [0.717, 1.165) is 30.4 Å². The van der Waals surface area contributed by atoms with Crippen molar-refractivity contribution in [1.29, 1.82) is 0 Å². The highest BCUT2D eigenvalue weighted by molar-refractivity contribution is 5.30. The highest BCUT2D eigenvalue weighted by Gasteiger charge is 2.33. The van der Waals surface area contributed by atoms with Gasteiger partial charge >= 0.3 is 6.18 Å². The molecule has 1 aliphatic rings. The SMILES string of the molecule is CN1CCc2c(nnn2Cc2ccccc2C(F)(F)F)C1. The van der Waals surface area contributed by atoms with Crippen molar-refractivity contribution in [3.63, 3.8) is 0 Å². The fourth-order valence-electron chi connectivity index (χ4n) is 2.62. The number of benzene rings is 1. The summed E-state index contributed by atoms with van der Waals surface area (Å²) in [4.78, 5) is 2.12. The molecule has 1 aromatic carbocycles. The smallest absolute Gasteiger partial charge is 0.300 e. The second kappa shape index (κ2) is 5.14. The van der Waals surface area contributed by atoms with E-state index in [0.29, 0.717) is 6.54 Å². The van der Waals surface area contributed by atoms with Gasteiger partial charge in [0.2, 0.25) is 0 Å². The van der Waals surface area contributed by atoms with Crippen LogP contribution in [0, 0.1) is 0 Å². The number of hydrogen-bond acceptors (Lipinski definition) is 3. The van der Waals surface area contributed by atoms with Gasteiger partial charge in [-0.25, -0.2) is 4.68 Å². The standard InChI is InChI=1S/C14H15F3N4/c1-20-7-6-13-12(9-20)18-19-21(13)8-10-4-2-3-5-11(10)14(15,16)17/h2-5H,6-9H2,1H3. The molecule has 0 amide bonds. The van der Waals surface area contributed by atoms with E-state index in [-0.39, 0.29) is 12.1 Å². The van der Waals surface area contributed by atoms with Crippen molar-refractivity contribution in [1.82, 2.24) is 19.9 Å². The number of hydrogen-bond donors (Lipinski definition) is 0. The molecule has 0 unspecified atom stereocenters. The van der Waals surface area contributed by atoms with Gasteiger partial charge in [0.15, 0.2) is 0 Å². The molecule has 1 aliphatic heterocycles. The number of nitrogens with zero attached hydrogens (tertiary/aromatic N) is 4. The molecular weight excluding hydrogens is 281 g/mol. The first-order valence-electron chi connectivity index (χ1n) is 6.70. The molecule has 0 bridgehead atoms. The van der Waals surface area contributed by atoms with E-state index in [1.54, 1.807) is 10.7 Å². The Hall–Kier alpha value is -1.89. The van der Waals surface area contributed by atoms with Crippen molar-refractivity contribution in [3.8, 4) is 0 Å². The van der Waals surface area contributed by atoms with E-state index in [1.807, 2.05) is 7.05 Å². The number of halogens is 3. The summed E-state index contributed by atoms with van der Waals surface area (Å²) >= 11 is 0. The first kappa shape index (κ1) is 14.1. The highest BCUT2D eigenvalue weighted by atomic mass is 19.4. The summed E-state index contributed by atoms with van der Waals surface area (Å²) in [6.45, 7) is 1.65. The van der Waals surface area contributed by atoms with Crippen molar-refractivity contribution >= 4 is 0 Å². The summed E-state index contributed by atoms with van der Waals surface area (Å²) in [6.07, 6.45) is -3.59. The Morgan fingerprint density at radius 2 is 2.00 bits per heavy atom. The minimum Gasteiger partial charge on any atom is -0.300 e. The van der Waals surface area contributed by atoms with Crippen molar-refractivity contribution in [2.24, 2.45) is 0 Å². The number of aromatic nitrogens is 3. The topological polar surface area (TPSA) is 34.0 Å². The zero-order valence-electron chi connectivity index (χ0n) is 11.6. The third-order valence-corrected chi connectivity index (χ3v) is 3.71. The molecule has 112 valence electrons. The molecule has 0 atom stereocenters. The largest absolute Gasteiger partial charge is 0.416 e. The normalized spacial score (nSPS) is 16.0. The molecule has 2 aromatic rings. The van der Waals surface area contributed by atoms with Crippen LogP contribution in [0.25, 0.3) is 0 Å². The van der Waals surface area contributed by atoms with Crippen LogP contribution in [0.5, 0.6) is 0 Å². The van der Waals surface area contributed by atoms with Crippen LogP contribution in [-0.4, -0.2) is 33.5 Å². The molecule has 0 saturated carbocycles. The van der Waals surface area contributed by atoms with Gasteiger partial charge in [-0.1, -0.05) is 23.4 Å². The number of fused-ring (bicyclic) bond motifs is 1. The number of likely N-dealkylation sites (N-methyl/N-ethyl adjacent to an activating group) is 1. The molecule has 21 heavy (non-hydrogen) atoms. The molecule has 3 rings (SSSR count). The van der Waals surface area contributed by atoms with Crippen molar-refractivity contribution in [2.75, 3.05) is 13.6 Å². The zero-order valence-corrected chi connectivity index (χ0v) is 11.6. The van der Waals surface area contributed by atoms with Gasteiger partial charge in [0.05, 0.1) is 23.5 Å². The van der Waals surface area contributed by atoms with Gasteiger partial charge in [-0.2, -0.15) is 13.2 Å². The van der Waals surface area contributed by atoms with Crippen molar-refractivity contribution in [3.05, 3.63) is 46.8 Å². The predicted molar refractivity (Wildman–Crippen MR) is 70.6 cm³/mol. The summed E-state index contributed by atoms with van der Waals surface area (Å²) in [5, 5.41) is 8.11. The Labute approximate surface area is 120 Å². The Morgan fingerprint density at radius 1 is 1.24 bits per heavy atom. The fraction of sp³-hybridized carbons (Fsp3) is 0.429. The van der Waals surface area contributed by atoms with Crippen molar-refractivity contribution in [2.45, 2.75) is 25.7 Å². The Bertz CT molecular complexity index is 648. The quantitative estimate of drug-likeness (QED) is 0.853. The summed E-state index contributed by atoms with van der Waals surface area (Å²) in [7, 11) is 1.99. The molecule has 4 nitrogen and oxygen atoms in total. The van der Waals surface area contributed by atoms with E-state index < -0.39 is 11.7 Å². The molecule has 2 heterocycles. The van der Waals surface area contributed by atoms with Crippen molar-refractivity contribution < 1.29 is 13.2 Å². The fourth-order valence-corrected chi connectivity index (χ4v) is 2.62. The van der Waals surface area contributed by atoms with Crippen LogP contribution in [-0.2, 0) is 25.7 Å². The summed E-state index contributed by atoms with van der Waals surface area (Å²) in [5.74, 6) is 0. The monoisotopic (exact) mass is 296 g/mol. The Balaban J connectivity index is 1.92. The molecule has 1 aromatic heterocycles. The minimum absolute atomic E-state index is 0.0989. The van der Waals surface area contributed by atoms with Gasteiger partial charge in [0.1, 0.15) is 0 Å². The molecule has 0 aliphatic carbocycles. The average Bonchev–Trinajstić information content (AvgIpc) is 2.80. The maximum Gasteiger partial charge on any atom is 0.416 e. The molecule has 0 N–H and O–H groups in total. The summed E-state index contributed by atoms with van der Waals surface area (Å²) < 4.78 is 40.6. The Morgan fingerprint density at radius 3 is 2.76 bits per heavy atom. The van der Waals surface area contributed by atoms with Crippen LogP contribution in [0.2, 0.25) is 0 Å². The molecule has 7 heteroatoms. The van der Waals surface area contributed by atoms with Crippen LogP contribution in [0.1, 0.15) is 22.5 Å². The van der Waals surface area contributed by atoms with Gasteiger partial charge in [-0.15, -0.1) is 5.10 Å². The lowest BCUT2D eigenvalue weighted by atomic mass is 10.1. The van der Waals surface area contributed by atoms with Crippen LogP contribution in [0.3, 0.4) is 0 Å². The lowest BCUT2D eigenvalue weighted by molar-refractivity contribution is -0.138. The molecular formula is C14H15F3N4.